The minimum absolute atomic E-state index is 0.0310. The highest BCUT2D eigenvalue weighted by molar-refractivity contribution is 7.45. The van der Waals surface area contributed by atoms with E-state index in [-0.39, 0.29) is 24.9 Å². The number of phosphoric ester groups is 1. The molecule has 0 saturated carbocycles. The summed E-state index contributed by atoms with van der Waals surface area (Å²) in [5.74, 6) is -0.573. The molecule has 0 aliphatic heterocycles. The number of carbonyl (C=O) groups excluding carboxylic acids is 2. The Labute approximate surface area is 462 Å². The number of phosphoric acid groups is 1. The van der Waals surface area contributed by atoms with Crippen molar-refractivity contribution < 1.29 is 37.3 Å². The van der Waals surface area contributed by atoms with E-state index in [1.54, 1.807) is 0 Å². The topological polar surface area (TPSA) is 114 Å². The summed E-state index contributed by atoms with van der Waals surface area (Å²) >= 11 is 0. The maximum atomic E-state index is 13.5. The van der Waals surface area contributed by atoms with E-state index < -0.39 is 26.6 Å². The van der Waals surface area contributed by atoms with E-state index >= 15 is 0 Å². The number of allylic oxidation sites excluding steroid dienone is 15. The molecule has 432 valence electrons. The Morgan fingerprint density at radius 3 is 1.33 bits per heavy atom. The van der Waals surface area contributed by atoms with Crippen LogP contribution in [0.2, 0.25) is 0 Å². The van der Waals surface area contributed by atoms with Crippen LogP contribution < -0.4 is 10.2 Å². The fourth-order valence-corrected chi connectivity index (χ4v) is 8.99. The van der Waals surface area contributed by atoms with Crippen LogP contribution in [-0.2, 0) is 27.9 Å². The van der Waals surface area contributed by atoms with Gasteiger partial charge in [0.2, 0.25) is 5.91 Å². The van der Waals surface area contributed by atoms with Crippen molar-refractivity contribution in [1.29, 1.82) is 0 Å². The highest BCUT2D eigenvalue weighted by Gasteiger charge is 2.27. The van der Waals surface area contributed by atoms with Crippen LogP contribution in [0.25, 0.3) is 0 Å². The van der Waals surface area contributed by atoms with E-state index in [2.05, 4.69) is 111 Å². The van der Waals surface area contributed by atoms with Crippen molar-refractivity contribution in [2.75, 3.05) is 40.9 Å². The van der Waals surface area contributed by atoms with Crippen LogP contribution in [0.4, 0.5) is 0 Å². The number of rotatable bonds is 54. The molecular formula is C65H115N2O7P. The second-order valence-corrected chi connectivity index (χ2v) is 22.9. The molecule has 0 aliphatic rings. The molecule has 0 rings (SSSR count). The average Bonchev–Trinajstić information content (AvgIpc) is 3.37. The van der Waals surface area contributed by atoms with Gasteiger partial charge in [-0.15, -0.1) is 0 Å². The number of unbranched alkanes of at least 4 members (excludes halogenated alkanes) is 24. The van der Waals surface area contributed by atoms with E-state index in [4.69, 9.17) is 13.8 Å². The van der Waals surface area contributed by atoms with Crippen molar-refractivity contribution in [1.82, 2.24) is 5.32 Å². The summed E-state index contributed by atoms with van der Waals surface area (Å²) in [5.41, 5.74) is 0. The molecule has 0 aromatic heterocycles. The maximum Gasteiger partial charge on any atom is 0.306 e. The van der Waals surface area contributed by atoms with E-state index in [0.717, 1.165) is 141 Å². The summed E-state index contributed by atoms with van der Waals surface area (Å²) < 4.78 is 30.2. The van der Waals surface area contributed by atoms with Gasteiger partial charge in [-0.2, -0.15) is 0 Å². The van der Waals surface area contributed by atoms with Crippen LogP contribution in [-0.4, -0.2) is 69.4 Å². The molecule has 3 atom stereocenters. The first-order valence-electron chi connectivity index (χ1n) is 30.5. The lowest BCUT2D eigenvalue weighted by molar-refractivity contribution is -0.870. The van der Waals surface area contributed by atoms with Crippen LogP contribution in [0.3, 0.4) is 0 Å². The molecule has 0 spiro atoms. The minimum atomic E-state index is -4.71. The molecule has 0 fully saturated rings. The summed E-state index contributed by atoms with van der Waals surface area (Å²) in [7, 11) is 1.16. The Morgan fingerprint density at radius 2 is 0.867 bits per heavy atom. The van der Waals surface area contributed by atoms with Gasteiger partial charge in [-0.1, -0.05) is 234 Å². The second kappa shape index (κ2) is 54.3. The molecule has 3 unspecified atom stereocenters. The predicted octanol–water partition coefficient (Wildman–Crippen LogP) is 18.1. The van der Waals surface area contributed by atoms with E-state index in [9.17, 15) is 19.0 Å². The third-order valence-corrected chi connectivity index (χ3v) is 14.0. The standard InChI is InChI=1S/C65H115N2O7P/c1-7-10-13-16-19-22-25-27-28-29-30-31-32-33-34-35-36-37-38-40-43-45-48-51-54-57-64(68)66-62(61-73-75(70,71)72-60-59-67(4,5)6)63(56-53-50-47-44-42-39-26-23-20-17-14-11-8-2)74-65(69)58-55-52-49-46-41-24-21-18-15-12-9-3/h10,13,18-19,21-22,27-28,30-31,33-34,36-37,53,56,62-63H,7-9,11-12,14-17,20,23-26,29,32,35,38-52,54-55,57-61H2,1-6H3,(H-,66,68,70,71)/b13-10-,21-18-,22-19-,28-27-,31-30-,34-33-,37-36-,56-53+. The smallest absolute Gasteiger partial charge is 0.306 e. The molecule has 10 heteroatoms. The van der Waals surface area contributed by atoms with Gasteiger partial charge in [0.05, 0.1) is 33.8 Å². The van der Waals surface area contributed by atoms with Crippen LogP contribution in [0.1, 0.15) is 252 Å². The normalized spacial score (nSPS) is 14.4. The summed E-state index contributed by atoms with van der Waals surface area (Å²) in [6, 6.07) is -0.904. The number of nitrogens with one attached hydrogen (secondary N) is 1. The molecule has 75 heavy (non-hydrogen) atoms. The lowest BCUT2D eigenvalue weighted by Gasteiger charge is -2.30. The molecule has 1 amide bonds. The fraction of sp³-hybridized carbons (Fsp3) is 0.723. The molecular weight excluding hydrogens is 952 g/mol. The van der Waals surface area contributed by atoms with Crippen molar-refractivity contribution in [2.24, 2.45) is 0 Å². The van der Waals surface area contributed by atoms with Crippen LogP contribution >= 0.6 is 7.82 Å². The highest BCUT2D eigenvalue weighted by Crippen LogP contribution is 2.38. The van der Waals surface area contributed by atoms with Crippen molar-refractivity contribution in [2.45, 2.75) is 264 Å². The summed E-state index contributed by atoms with van der Waals surface area (Å²) in [4.78, 5) is 39.9. The molecule has 0 heterocycles. The molecule has 0 radical (unpaired) electrons. The maximum absolute atomic E-state index is 13.5. The zero-order chi connectivity index (χ0) is 55.0. The Balaban J connectivity index is 5.21. The van der Waals surface area contributed by atoms with Gasteiger partial charge < -0.3 is 28.5 Å². The minimum Gasteiger partial charge on any atom is -0.756 e. The zero-order valence-electron chi connectivity index (χ0n) is 49.2. The molecule has 0 aromatic carbocycles. The number of esters is 1. The first-order chi connectivity index (χ1) is 36.4. The Morgan fingerprint density at radius 1 is 0.480 bits per heavy atom. The van der Waals surface area contributed by atoms with Gasteiger partial charge in [0.1, 0.15) is 19.3 Å². The number of hydrogen-bond acceptors (Lipinski definition) is 7. The van der Waals surface area contributed by atoms with E-state index in [1.165, 1.54) is 70.6 Å². The summed E-state index contributed by atoms with van der Waals surface area (Å²) in [5, 5.41) is 3.01. The molecule has 0 aliphatic carbocycles. The SMILES string of the molecule is CC/C=C\C/C=C\C/C=C\C/C=C\C/C=C\C/C=C\CCCCCCCCC(=O)NC(COP(=O)([O-])OCC[N+](C)(C)C)C(/C=C/CCCCCCCCCCCCC)OC(=O)CCCCCCC/C=C\CCCC. The molecule has 0 saturated heterocycles. The van der Waals surface area contributed by atoms with Gasteiger partial charge >= 0.3 is 5.97 Å². The first kappa shape index (κ1) is 71.9. The number of nitrogens with zero attached hydrogens (tertiary/aromatic N) is 1. The Kier molecular flexibility index (Phi) is 52.1. The monoisotopic (exact) mass is 1070 g/mol. The molecule has 1 N–H and O–H groups in total. The van der Waals surface area contributed by atoms with Crippen LogP contribution in [0.15, 0.2) is 97.2 Å². The number of carbonyl (C=O) groups is 2. The quantitative estimate of drug-likeness (QED) is 0.0212. The number of hydrogen-bond donors (Lipinski definition) is 1. The van der Waals surface area contributed by atoms with Crippen molar-refractivity contribution >= 4 is 19.7 Å². The number of quaternary nitrogens is 1. The van der Waals surface area contributed by atoms with Gasteiger partial charge in [0.15, 0.2) is 0 Å². The predicted molar refractivity (Wildman–Crippen MR) is 321 cm³/mol. The van der Waals surface area contributed by atoms with Crippen LogP contribution in [0.5, 0.6) is 0 Å². The largest absolute Gasteiger partial charge is 0.756 e. The Bertz CT molecular complexity index is 1610. The van der Waals surface area contributed by atoms with Crippen LogP contribution in [0, 0.1) is 0 Å². The number of likely N-dealkylation sites (N-methyl/N-ethyl adjacent to an activating group) is 1. The van der Waals surface area contributed by atoms with Crippen molar-refractivity contribution in [3.8, 4) is 0 Å². The number of amides is 1. The molecule has 0 bridgehead atoms. The third-order valence-electron chi connectivity index (χ3n) is 13.0. The number of ether oxygens (including phenoxy) is 1. The average molecular weight is 1070 g/mol. The first-order valence-corrected chi connectivity index (χ1v) is 32.0. The zero-order valence-corrected chi connectivity index (χ0v) is 50.1. The summed E-state index contributed by atoms with van der Waals surface area (Å²) in [6.07, 6.45) is 72.3. The Hall–Kier alpha value is -3.07. The lowest BCUT2D eigenvalue weighted by Crippen LogP contribution is -2.47. The van der Waals surface area contributed by atoms with Gasteiger partial charge in [0.25, 0.3) is 7.82 Å². The van der Waals surface area contributed by atoms with Gasteiger partial charge in [-0.25, -0.2) is 0 Å². The fourth-order valence-electron chi connectivity index (χ4n) is 8.27. The van der Waals surface area contributed by atoms with Gasteiger partial charge in [0, 0.05) is 12.8 Å². The second-order valence-electron chi connectivity index (χ2n) is 21.5. The van der Waals surface area contributed by atoms with E-state index in [1.807, 2.05) is 33.3 Å². The highest BCUT2D eigenvalue weighted by atomic mass is 31.2. The van der Waals surface area contributed by atoms with Gasteiger partial charge in [-0.05, 0) is 102 Å². The van der Waals surface area contributed by atoms with E-state index in [0.29, 0.717) is 23.9 Å². The van der Waals surface area contributed by atoms with Gasteiger partial charge in [-0.3, -0.25) is 14.2 Å². The summed E-state index contributed by atoms with van der Waals surface area (Å²) in [6.45, 7) is 6.66. The van der Waals surface area contributed by atoms with Crippen molar-refractivity contribution in [3.63, 3.8) is 0 Å². The van der Waals surface area contributed by atoms with Crippen molar-refractivity contribution in [3.05, 3.63) is 97.2 Å². The molecule has 0 aromatic rings. The third kappa shape index (κ3) is 55.5. The molecule has 9 nitrogen and oxygen atoms in total. The lowest BCUT2D eigenvalue weighted by atomic mass is 10.0.